The summed E-state index contributed by atoms with van der Waals surface area (Å²) in [7, 11) is -2.32. The van der Waals surface area contributed by atoms with Crippen LogP contribution in [0.3, 0.4) is 0 Å². The number of rotatable bonds is 5. The summed E-state index contributed by atoms with van der Waals surface area (Å²) in [5.74, 6) is 0.174. The van der Waals surface area contributed by atoms with Crippen LogP contribution >= 0.6 is 0 Å². The molecule has 0 spiro atoms. The van der Waals surface area contributed by atoms with Crippen LogP contribution in [0.2, 0.25) is 0 Å². The lowest BCUT2D eigenvalue weighted by Gasteiger charge is -2.24. The maximum atomic E-state index is 13.3. The van der Waals surface area contributed by atoms with Crippen molar-refractivity contribution in [2.75, 3.05) is 19.0 Å². The summed E-state index contributed by atoms with van der Waals surface area (Å²) < 4.78 is 33.1. The van der Waals surface area contributed by atoms with Crippen molar-refractivity contribution >= 4 is 21.6 Å². The number of benzene rings is 2. The maximum Gasteiger partial charge on any atom is 0.244 e. The van der Waals surface area contributed by atoms with E-state index in [-0.39, 0.29) is 10.8 Å². The van der Waals surface area contributed by atoms with Gasteiger partial charge in [-0.2, -0.15) is 4.31 Å². The molecule has 1 saturated heterocycles. The number of hydrogen-bond donors (Lipinski definition) is 1. The minimum atomic E-state index is -3.81. The molecule has 3 rings (SSSR count). The molecule has 1 aliphatic rings. The fraction of sp³-hybridized carbons (Fsp3) is 0.381. The van der Waals surface area contributed by atoms with E-state index in [4.69, 9.17) is 4.74 Å². The van der Waals surface area contributed by atoms with Gasteiger partial charge >= 0.3 is 0 Å². The van der Waals surface area contributed by atoms with Crippen LogP contribution in [-0.4, -0.2) is 38.3 Å². The highest BCUT2D eigenvalue weighted by molar-refractivity contribution is 7.89. The van der Waals surface area contributed by atoms with Crippen molar-refractivity contribution in [1.82, 2.24) is 4.31 Å². The Balaban J connectivity index is 1.88. The topological polar surface area (TPSA) is 75.7 Å². The number of nitrogens with one attached hydrogen (secondary N) is 1. The Bertz CT molecular complexity index is 1000. The zero-order chi connectivity index (χ0) is 20.5. The van der Waals surface area contributed by atoms with E-state index in [9.17, 15) is 13.2 Å². The van der Waals surface area contributed by atoms with Crippen molar-refractivity contribution in [2.45, 2.75) is 44.6 Å². The van der Waals surface area contributed by atoms with Crippen molar-refractivity contribution in [3.8, 4) is 5.75 Å². The van der Waals surface area contributed by atoms with E-state index < -0.39 is 16.1 Å². The van der Waals surface area contributed by atoms with E-state index in [1.807, 2.05) is 32.0 Å². The SMILES string of the molecule is COc1ccc(C)c(S(=O)(=O)N2CCC[C@@H]2C(=O)Nc2ccc(C)cc2C)c1. The predicted molar refractivity (Wildman–Crippen MR) is 109 cm³/mol. The molecular formula is C21H26N2O4S. The standard InChI is InChI=1S/C21H26N2O4S/c1-14-7-10-18(16(3)12-14)22-21(24)19-6-5-11-23(19)28(25,26)20-13-17(27-4)9-8-15(20)2/h7-10,12-13,19H,5-6,11H2,1-4H3,(H,22,24)/t19-/m1/s1. The first-order chi connectivity index (χ1) is 13.2. The molecule has 1 heterocycles. The average Bonchev–Trinajstić information content (AvgIpc) is 3.15. The molecule has 1 aliphatic heterocycles. The second-order valence-electron chi connectivity index (χ2n) is 7.21. The van der Waals surface area contributed by atoms with Crippen LogP contribution in [-0.2, 0) is 14.8 Å². The van der Waals surface area contributed by atoms with E-state index in [0.29, 0.717) is 36.4 Å². The molecule has 0 aromatic heterocycles. The maximum absolute atomic E-state index is 13.3. The lowest BCUT2D eigenvalue weighted by atomic mass is 10.1. The first-order valence-corrected chi connectivity index (χ1v) is 10.7. The number of ether oxygens (including phenoxy) is 1. The van der Waals surface area contributed by atoms with Crippen molar-refractivity contribution in [1.29, 1.82) is 0 Å². The number of aryl methyl sites for hydroxylation is 3. The Morgan fingerprint density at radius 1 is 1.11 bits per heavy atom. The number of anilines is 1. The molecule has 150 valence electrons. The molecule has 0 bridgehead atoms. The van der Waals surface area contributed by atoms with Gasteiger partial charge in [-0.25, -0.2) is 8.42 Å². The van der Waals surface area contributed by atoms with E-state index in [1.165, 1.54) is 17.5 Å². The quantitative estimate of drug-likeness (QED) is 0.832. The molecule has 1 amide bonds. The monoisotopic (exact) mass is 402 g/mol. The second-order valence-corrected chi connectivity index (χ2v) is 9.07. The van der Waals surface area contributed by atoms with E-state index in [1.54, 1.807) is 19.1 Å². The van der Waals surface area contributed by atoms with Crippen molar-refractivity contribution < 1.29 is 17.9 Å². The van der Waals surface area contributed by atoms with Gasteiger partial charge in [-0.05, 0) is 56.9 Å². The van der Waals surface area contributed by atoms with E-state index in [2.05, 4.69) is 5.32 Å². The molecule has 0 radical (unpaired) electrons. The minimum absolute atomic E-state index is 0.179. The second kappa shape index (κ2) is 7.93. The molecule has 0 unspecified atom stereocenters. The summed E-state index contributed by atoms with van der Waals surface area (Å²) in [6.45, 7) is 5.98. The van der Waals surface area contributed by atoms with Crippen LogP contribution < -0.4 is 10.1 Å². The van der Waals surface area contributed by atoms with Gasteiger partial charge in [-0.3, -0.25) is 4.79 Å². The lowest BCUT2D eigenvalue weighted by molar-refractivity contribution is -0.119. The van der Waals surface area contributed by atoms with Gasteiger partial charge in [0, 0.05) is 18.3 Å². The van der Waals surface area contributed by atoms with Gasteiger partial charge in [-0.15, -0.1) is 0 Å². The Morgan fingerprint density at radius 2 is 1.86 bits per heavy atom. The largest absolute Gasteiger partial charge is 0.497 e. The number of carbonyl (C=O) groups is 1. The van der Waals surface area contributed by atoms with Gasteiger partial charge in [0.1, 0.15) is 11.8 Å². The summed E-state index contributed by atoms with van der Waals surface area (Å²) in [4.78, 5) is 13.1. The summed E-state index contributed by atoms with van der Waals surface area (Å²) in [5.41, 5.74) is 3.39. The molecule has 7 heteroatoms. The summed E-state index contributed by atoms with van der Waals surface area (Å²) in [6, 6.07) is 9.99. The molecular weight excluding hydrogens is 376 g/mol. The van der Waals surface area contributed by atoms with Gasteiger partial charge in [0.15, 0.2) is 0 Å². The highest BCUT2D eigenvalue weighted by Crippen LogP contribution is 2.31. The first-order valence-electron chi connectivity index (χ1n) is 9.28. The average molecular weight is 403 g/mol. The normalized spacial score (nSPS) is 17.5. The smallest absolute Gasteiger partial charge is 0.244 e. The van der Waals surface area contributed by atoms with Gasteiger partial charge in [-0.1, -0.05) is 23.8 Å². The van der Waals surface area contributed by atoms with Crippen LogP contribution in [0.25, 0.3) is 0 Å². The summed E-state index contributed by atoms with van der Waals surface area (Å²) in [6.07, 6.45) is 1.15. The van der Waals surface area contributed by atoms with Crippen molar-refractivity contribution in [2.24, 2.45) is 0 Å². The predicted octanol–water partition coefficient (Wildman–Crippen LogP) is 3.41. The third kappa shape index (κ3) is 3.91. The van der Waals surface area contributed by atoms with E-state index >= 15 is 0 Å². The van der Waals surface area contributed by atoms with Gasteiger partial charge in [0.05, 0.1) is 12.0 Å². The fourth-order valence-corrected chi connectivity index (χ4v) is 5.47. The minimum Gasteiger partial charge on any atom is -0.497 e. The number of carbonyl (C=O) groups excluding carboxylic acids is 1. The number of amides is 1. The molecule has 1 N–H and O–H groups in total. The third-order valence-corrected chi connectivity index (χ3v) is 7.18. The third-order valence-electron chi connectivity index (χ3n) is 5.13. The number of nitrogens with zero attached hydrogens (tertiary/aromatic N) is 1. The van der Waals surface area contributed by atoms with Crippen LogP contribution in [0.1, 0.15) is 29.5 Å². The van der Waals surface area contributed by atoms with Crippen LogP contribution in [0.5, 0.6) is 5.75 Å². The Labute approximate surface area is 166 Å². The number of sulfonamides is 1. The Kier molecular flexibility index (Phi) is 5.76. The Hall–Kier alpha value is -2.38. The molecule has 2 aromatic carbocycles. The summed E-state index contributed by atoms with van der Waals surface area (Å²) >= 11 is 0. The zero-order valence-electron chi connectivity index (χ0n) is 16.7. The lowest BCUT2D eigenvalue weighted by Crippen LogP contribution is -2.43. The van der Waals surface area contributed by atoms with Crippen LogP contribution in [0, 0.1) is 20.8 Å². The van der Waals surface area contributed by atoms with Gasteiger partial charge < -0.3 is 10.1 Å². The highest BCUT2D eigenvalue weighted by atomic mass is 32.2. The first kappa shape index (κ1) is 20.4. The fourth-order valence-electron chi connectivity index (χ4n) is 3.57. The van der Waals surface area contributed by atoms with Crippen LogP contribution in [0.4, 0.5) is 5.69 Å². The van der Waals surface area contributed by atoms with Crippen LogP contribution in [0.15, 0.2) is 41.3 Å². The molecule has 0 aliphatic carbocycles. The summed E-state index contributed by atoms with van der Waals surface area (Å²) in [5, 5.41) is 2.90. The molecule has 0 saturated carbocycles. The molecule has 1 fully saturated rings. The molecule has 28 heavy (non-hydrogen) atoms. The molecule has 6 nitrogen and oxygen atoms in total. The highest BCUT2D eigenvalue weighted by Gasteiger charge is 2.40. The van der Waals surface area contributed by atoms with Crippen molar-refractivity contribution in [3.63, 3.8) is 0 Å². The molecule has 2 aromatic rings. The number of methoxy groups -OCH3 is 1. The van der Waals surface area contributed by atoms with E-state index in [0.717, 1.165) is 11.1 Å². The zero-order valence-corrected chi connectivity index (χ0v) is 17.5. The number of hydrogen-bond acceptors (Lipinski definition) is 4. The Morgan fingerprint density at radius 3 is 2.54 bits per heavy atom. The van der Waals surface area contributed by atoms with Gasteiger partial charge in [0.25, 0.3) is 0 Å². The van der Waals surface area contributed by atoms with Gasteiger partial charge in [0.2, 0.25) is 15.9 Å². The molecule has 1 atom stereocenters. The van der Waals surface area contributed by atoms with Crippen molar-refractivity contribution in [3.05, 3.63) is 53.1 Å².